The van der Waals surface area contributed by atoms with Gasteiger partial charge in [0.15, 0.2) is 5.82 Å². The van der Waals surface area contributed by atoms with Crippen LogP contribution in [0.25, 0.3) is 10.9 Å². The second kappa shape index (κ2) is 7.12. The molecular weight excluding hydrogens is 366 g/mol. The van der Waals surface area contributed by atoms with E-state index in [1.54, 1.807) is 12.4 Å². The maximum atomic E-state index is 12.8. The number of aromatic nitrogens is 6. The molecule has 1 aliphatic carbocycles. The normalized spacial score (nSPS) is 18.5. The van der Waals surface area contributed by atoms with Crippen LogP contribution in [-0.2, 0) is 13.6 Å². The third-order valence-electron chi connectivity index (χ3n) is 5.58. The number of nitrogens with zero attached hydrogens (tertiary/aromatic N) is 6. The van der Waals surface area contributed by atoms with Gasteiger partial charge in [-0.2, -0.15) is 5.10 Å². The Bertz CT molecular complexity index is 1150. The predicted octanol–water partition coefficient (Wildman–Crippen LogP) is 2.28. The zero-order chi connectivity index (χ0) is 19.8. The Kier molecular flexibility index (Phi) is 4.31. The van der Waals surface area contributed by atoms with Crippen molar-refractivity contribution >= 4 is 16.8 Å². The lowest BCUT2D eigenvalue weighted by atomic mass is 9.79. The molecule has 0 radical (unpaired) electrons. The Labute approximate surface area is 167 Å². The first-order chi connectivity index (χ1) is 14.2. The molecule has 4 aromatic rings. The third-order valence-corrected chi connectivity index (χ3v) is 5.58. The van der Waals surface area contributed by atoms with Crippen LogP contribution in [0.2, 0.25) is 0 Å². The number of nitrogens with one attached hydrogen (secondary N) is 1. The molecule has 1 aromatic carbocycles. The smallest absolute Gasteiger partial charge is 0.253 e. The second-order valence-corrected chi connectivity index (χ2v) is 7.46. The summed E-state index contributed by atoms with van der Waals surface area (Å²) in [7, 11) is 1.99. The highest BCUT2D eigenvalue weighted by atomic mass is 16.1. The summed E-state index contributed by atoms with van der Waals surface area (Å²) < 4.78 is 3.87. The van der Waals surface area contributed by atoms with Crippen molar-refractivity contribution in [2.45, 2.75) is 31.3 Å². The van der Waals surface area contributed by atoms with Gasteiger partial charge in [-0.25, -0.2) is 0 Å². The van der Waals surface area contributed by atoms with Crippen LogP contribution in [0.1, 0.15) is 40.8 Å². The number of benzene rings is 1. The van der Waals surface area contributed by atoms with Gasteiger partial charge in [-0.1, -0.05) is 18.2 Å². The van der Waals surface area contributed by atoms with Gasteiger partial charge in [-0.05, 0) is 31.0 Å². The number of pyridine rings is 1. The van der Waals surface area contributed by atoms with E-state index < -0.39 is 0 Å². The van der Waals surface area contributed by atoms with Crippen molar-refractivity contribution in [3.63, 3.8) is 0 Å². The van der Waals surface area contributed by atoms with Gasteiger partial charge in [-0.3, -0.25) is 14.5 Å². The van der Waals surface area contributed by atoms with Crippen molar-refractivity contribution in [2.24, 2.45) is 7.05 Å². The monoisotopic (exact) mass is 387 g/mol. The summed E-state index contributed by atoms with van der Waals surface area (Å²) in [5.41, 5.74) is 1.35. The molecule has 0 aliphatic heterocycles. The van der Waals surface area contributed by atoms with Crippen molar-refractivity contribution in [3.05, 3.63) is 72.2 Å². The minimum absolute atomic E-state index is 0.0740. The molecule has 146 valence electrons. The number of hydrogen-bond donors (Lipinski definition) is 1. The number of amides is 1. The average Bonchev–Trinajstić information content (AvgIpc) is 3.35. The van der Waals surface area contributed by atoms with Gasteiger partial charge in [0.25, 0.3) is 5.91 Å². The maximum Gasteiger partial charge on any atom is 0.253 e. The van der Waals surface area contributed by atoms with Gasteiger partial charge in [-0.15, -0.1) is 10.2 Å². The summed E-state index contributed by atoms with van der Waals surface area (Å²) in [6.07, 6.45) is 7.09. The fourth-order valence-corrected chi connectivity index (χ4v) is 3.90. The van der Waals surface area contributed by atoms with E-state index >= 15 is 0 Å². The summed E-state index contributed by atoms with van der Waals surface area (Å²) in [5.74, 6) is 2.06. The van der Waals surface area contributed by atoms with E-state index in [1.807, 2.05) is 58.9 Å². The van der Waals surface area contributed by atoms with E-state index in [1.165, 1.54) is 0 Å². The number of hydrogen-bond acceptors (Lipinski definition) is 5. The van der Waals surface area contributed by atoms with Crippen LogP contribution in [-0.4, -0.2) is 41.5 Å². The fourth-order valence-electron chi connectivity index (χ4n) is 3.90. The highest BCUT2D eigenvalue weighted by Crippen LogP contribution is 2.36. The topological polar surface area (TPSA) is 90.5 Å². The largest absolute Gasteiger partial charge is 0.349 e. The fraction of sp³-hybridized carbons (Fsp3) is 0.286. The van der Waals surface area contributed by atoms with E-state index in [9.17, 15) is 4.79 Å². The molecule has 0 unspecified atom stereocenters. The Morgan fingerprint density at radius 1 is 1.14 bits per heavy atom. The minimum Gasteiger partial charge on any atom is -0.349 e. The molecular formula is C21H21N7O. The molecule has 1 amide bonds. The zero-order valence-corrected chi connectivity index (χ0v) is 16.1. The van der Waals surface area contributed by atoms with Crippen molar-refractivity contribution in [3.8, 4) is 0 Å². The van der Waals surface area contributed by atoms with E-state index in [2.05, 4.69) is 25.6 Å². The van der Waals surface area contributed by atoms with E-state index in [-0.39, 0.29) is 11.9 Å². The molecule has 5 rings (SSSR count). The highest BCUT2D eigenvalue weighted by Gasteiger charge is 2.35. The summed E-state index contributed by atoms with van der Waals surface area (Å²) >= 11 is 0. The van der Waals surface area contributed by atoms with Crippen molar-refractivity contribution in [2.75, 3.05) is 0 Å². The first-order valence-electron chi connectivity index (χ1n) is 9.69. The van der Waals surface area contributed by atoms with Crippen molar-refractivity contribution < 1.29 is 4.79 Å². The summed E-state index contributed by atoms with van der Waals surface area (Å²) in [4.78, 5) is 17.1. The van der Waals surface area contributed by atoms with Crippen LogP contribution in [0.15, 0.2) is 55.0 Å². The molecule has 8 heteroatoms. The van der Waals surface area contributed by atoms with Gasteiger partial charge < -0.3 is 9.88 Å². The SMILES string of the molecule is Cn1c(Cn2cccn2)nnc1C1CC(NC(=O)c2cccc3cccnc23)C1. The minimum atomic E-state index is -0.0740. The number of carbonyl (C=O) groups is 1. The first kappa shape index (κ1) is 17.5. The standard InChI is InChI=1S/C21H21N7O/c1-27-18(13-28-10-4-9-23-28)25-26-20(27)15-11-16(12-15)24-21(29)17-7-2-5-14-6-3-8-22-19(14)17/h2-10,15-16H,11-13H2,1H3,(H,24,29). The van der Waals surface area contributed by atoms with Gasteiger partial charge in [0.05, 0.1) is 11.1 Å². The van der Waals surface area contributed by atoms with Crippen molar-refractivity contribution in [1.82, 2.24) is 34.8 Å². The quantitative estimate of drug-likeness (QED) is 0.567. The highest BCUT2D eigenvalue weighted by molar-refractivity contribution is 6.05. The van der Waals surface area contributed by atoms with Gasteiger partial charge in [0, 0.05) is 43.0 Å². The predicted molar refractivity (Wildman–Crippen MR) is 107 cm³/mol. The first-order valence-corrected chi connectivity index (χ1v) is 9.69. The van der Waals surface area contributed by atoms with Crippen LogP contribution in [0.4, 0.5) is 0 Å². The lowest BCUT2D eigenvalue weighted by molar-refractivity contribution is 0.0908. The molecule has 1 N–H and O–H groups in total. The Balaban J connectivity index is 1.23. The lowest BCUT2D eigenvalue weighted by Crippen LogP contribution is -2.44. The summed E-state index contributed by atoms with van der Waals surface area (Å²) in [6, 6.07) is 11.6. The number of carbonyl (C=O) groups excluding carboxylic acids is 1. The van der Waals surface area contributed by atoms with Crippen LogP contribution < -0.4 is 5.32 Å². The Morgan fingerprint density at radius 3 is 2.83 bits per heavy atom. The van der Waals surface area contributed by atoms with Gasteiger partial charge >= 0.3 is 0 Å². The van der Waals surface area contributed by atoms with Gasteiger partial charge in [0.1, 0.15) is 12.4 Å². The third kappa shape index (κ3) is 3.26. The zero-order valence-electron chi connectivity index (χ0n) is 16.1. The molecule has 3 heterocycles. The van der Waals surface area contributed by atoms with Crippen LogP contribution in [0.5, 0.6) is 0 Å². The Morgan fingerprint density at radius 2 is 2.00 bits per heavy atom. The van der Waals surface area contributed by atoms with Crippen LogP contribution in [0, 0.1) is 0 Å². The molecule has 3 aromatic heterocycles. The molecule has 8 nitrogen and oxygen atoms in total. The Hall–Kier alpha value is -3.55. The van der Waals surface area contributed by atoms with Crippen molar-refractivity contribution in [1.29, 1.82) is 0 Å². The molecule has 0 atom stereocenters. The summed E-state index contributed by atoms with van der Waals surface area (Å²) in [6.45, 7) is 0.595. The molecule has 0 bridgehead atoms. The number of para-hydroxylation sites is 1. The van der Waals surface area contributed by atoms with Crippen LogP contribution >= 0.6 is 0 Å². The molecule has 1 aliphatic rings. The molecule has 1 saturated carbocycles. The molecule has 0 spiro atoms. The van der Waals surface area contributed by atoms with E-state index in [4.69, 9.17) is 0 Å². The second-order valence-electron chi connectivity index (χ2n) is 7.46. The average molecular weight is 387 g/mol. The molecule has 1 fully saturated rings. The number of rotatable bonds is 5. The maximum absolute atomic E-state index is 12.8. The molecule has 29 heavy (non-hydrogen) atoms. The lowest BCUT2D eigenvalue weighted by Gasteiger charge is -2.35. The molecule has 0 saturated heterocycles. The van der Waals surface area contributed by atoms with E-state index in [0.29, 0.717) is 18.0 Å². The number of fused-ring (bicyclic) bond motifs is 1. The van der Waals surface area contributed by atoms with Crippen LogP contribution in [0.3, 0.4) is 0 Å². The van der Waals surface area contributed by atoms with Gasteiger partial charge in [0.2, 0.25) is 0 Å². The summed E-state index contributed by atoms with van der Waals surface area (Å²) in [5, 5.41) is 17.0. The van der Waals surface area contributed by atoms with E-state index in [0.717, 1.165) is 35.4 Å².